The second-order valence-electron chi connectivity index (χ2n) is 6.44. The minimum absolute atomic E-state index is 0.00586. The number of carbonyl (C=O) groups is 1. The second-order valence-corrected chi connectivity index (χ2v) is 6.87. The van der Waals surface area contributed by atoms with Gasteiger partial charge in [-0.3, -0.25) is 9.69 Å². The van der Waals surface area contributed by atoms with Crippen molar-refractivity contribution in [2.45, 2.75) is 45.3 Å². The number of hydrogen-bond donors (Lipinski definition) is 2. The molecule has 0 spiro atoms. The van der Waals surface area contributed by atoms with E-state index in [1.165, 1.54) is 0 Å². The highest BCUT2D eigenvalue weighted by atomic mass is 35.5. The topological polar surface area (TPSA) is 58.4 Å². The Bertz CT molecular complexity index is 471. The molecule has 1 atom stereocenters. The molecule has 3 N–H and O–H groups in total. The van der Waals surface area contributed by atoms with Crippen LogP contribution in [0.5, 0.6) is 0 Å². The fourth-order valence-corrected chi connectivity index (χ4v) is 2.37. The van der Waals surface area contributed by atoms with Crippen LogP contribution in [-0.2, 0) is 11.3 Å². The van der Waals surface area contributed by atoms with Crippen molar-refractivity contribution >= 4 is 17.5 Å². The molecule has 0 bridgehead atoms. The van der Waals surface area contributed by atoms with E-state index in [1.54, 1.807) is 0 Å². The van der Waals surface area contributed by atoms with E-state index in [1.807, 2.05) is 52.1 Å². The molecule has 1 amide bonds. The van der Waals surface area contributed by atoms with Crippen molar-refractivity contribution in [3.05, 3.63) is 34.9 Å². The molecule has 0 aliphatic heterocycles. The van der Waals surface area contributed by atoms with Gasteiger partial charge in [0.05, 0.1) is 0 Å². The van der Waals surface area contributed by atoms with E-state index in [0.717, 1.165) is 10.6 Å². The van der Waals surface area contributed by atoms with Crippen LogP contribution in [-0.4, -0.2) is 36.0 Å². The van der Waals surface area contributed by atoms with E-state index < -0.39 is 0 Å². The molecule has 1 unspecified atom stereocenters. The van der Waals surface area contributed by atoms with Gasteiger partial charge >= 0.3 is 0 Å². The summed E-state index contributed by atoms with van der Waals surface area (Å²) in [5.74, 6) is 0.0240. The van der Waals surface area contributed by atoms with Crippen molar-refractivity contribution in [3.63, 3.8) is 0 Å². The van der Waals surface area contributed by atoms with Crippen LogP contribution in [0, 0.1) is 0 Å². The molecule has 4 nitrogen and oxygen atoms in total. The molecule has 0 radical (unpaired) electrons. The van der Waals surface area contributed by atoms with E-state index in [2.05, 4.69) is 10.2 Å². The Balaban J connectivity index is 2.61. The molecule has 0 heterocycles. The number of likely N-dealkylation sites (N-methyl/N-ethyl adjacent to an activating group) is 1. The summed E-state index contributed by atoms with van der Waals surface area (Å²) >= 11 is 5.99. The molecule has 0 aliphatic carbocycles. The number of nitrogens with two attached hydrogens (primary N) is 1. The van der Waals surface area contributed by atoms with Crippen LogP contribution in [0.3, 0.4) is 0 Å². The van der Waals surface area contributed by atoms with E-state index >= 15 is 0 Å². The fourth-order valence-electron chi connectivity index (χ4n) is 2.15. The van der Waals surface area contributed by atoms with Crippen LogP contribution in [0.2, 0.25) is 5.02 Å². The quantitative estimate of drug-likeness (QED) is 0.848. The monoisotopic (exact) mass is 311 g/mol. The average Bonchev–Trinajstić information content (AvgIpc) is 2.33. The van der Waals surface area contributed by atoms with Crippen LogP contribution < -0.4 is 11.1 Å². The van der Waals surface area contributed by atoms with Crippen molar-refractivity contribution in [3.8, 4) is 0 Å². The number of nitrogens with one attached hydrogen (secondary N) is 1. The molecule has 0 saturated heterocycles. The molecule has 1 aromatic carbocycles. The summed E-state index contributed by atoms with van der Waals surface area (Å²) in [5.41, 5.74) is 6.71. The highest BCUT2D eigenvalue weighted by molar-refractivity contribution is 6.30. The van der Waals surface area contributed by atoms with Gasteiger partial charge in [0.25, 0.3) is 0 Å². The summed E-state index contributed by atoms with van der Waals surface area (Å²) in [4.78, 5) is 14.1. The Morgan fingerprint density at radius 1 is 1.43 bits per heavy atom. The maximum atomic E-state index is 12.0. The number of nitrogens with zero attached hydrogens (tertiary/aromatic N) is 1. The number of hydrogen-bond acceptors (Lipinski definition) is 3. The van der Waals surface area contributed by atoms with Gasteiger partial charge in [0.15, 0.2) is 0 Å². The standard InChI is InChI=1S/C16H26ClN3O/c1-16(2,3)19-15(21)9-14(10-18)20(4)11-12-6-5-7-13(17)8-12/h5-8,14H,9-11,18H2,1-4H3,(H,19,21). The SMILES string of the molecule is CN(Cc1cccc(Cl)c1)C(CN)CC(=O)NC(C)(C)C. The Hall–Kier alpha value is -1.10. The van der Waals surface area contributed by atoms with E-state index in [0.29, 0.717) is 19.5 Å². The van der Waals surface area contributed by atoms with Gasteiger partial charge in [0, 0.05) is 36.1 Å². The van der Waals surface area contributed by atoms with E-state index in [4.69, 9.17) is 17.3 Å². The predicted molar refractivity (Wildman–Crippen MR) is 88.3 cm³/mol. The molecule has 21 heavy (non-hydrogen) atoms. The van der Waals surface area contributed by atoms with E-state index in [9.17, 15) is 4.79 Å². The second kappa shape index (κ2) is 7.78. The molecule has 0 fully saturated rings. The first-order chi connectivity index (χ1) is 9.71. The predicted octanol–water partition coefficient (Wildman–Crippen LogP) is 2.40. The molecule has 0 aromatic heterocycles. The number of benzene rings is 1. The number of amides is 1. The molecule has 1 aromatic rings. The molecule has 0 aliphatic rings. The van der Waals surface area contributed by atoms with Gasteiger partial charge in [-0.2, -0.15) is 0 Å². The molecular weight excluding hydrogens is 286 g/mol. The summed E-state index contributed by atoms with van der Waals surface area (Å²) in [7, 11) is 1.98. The third kappa shape index (κ3) is 6.93. The zero-order valence-corrected chi connectivity index (χ0v) is 14.1. The smallest absolute Gasteiger partial charge is 0.222 e. The third-order valence-electron chi connectivity index (χ3n) is 3.15. The van der Waals surface area contributed by atoms with Crippen molar-refractivity contribution in [1.82, 2.24) is 10.2 Å². The van der Waals surface area contributed by atoms with Crippen LogP contribution in [0.15, 0.2) is 24.3 Å². The molecule has 0 saturated carbocycles. The summed E-state index contributed by atoms with van der Waals surface area (Å²) in [6.45, 7) is 7.06. The first kappa shape index (κ1) is 18.0. The summed E-state index contributed by atoms with van der Waals surface area (Å²) in [5, 5.41) is 3.69. The van der Waals surface area contributed by atoms with Gasteiger partial charge in [-0.1, -0.05) is 23.7 Å². The van der Waals surface area contributed by atoms with Crippen LogP contribution >= 0.6 is 11.6 Å². The Morgan fingerprint density at radius 3 is 2.62 bits per heavy atom. The number of rotatable bonds is 6. The normalized spacial score (nSPS) is 13.3. The van der Waals surface area contributed by atoms with Gasteiger partial charge in [-0.05, 0) is 45.5 Å². The minimum Gasteiger partial charge on any atom is -0.351 e. The molecule has 1 rings (SSSR count). The van der Waals surface area contributed by atoms with Crippen LogP contribution in [0.1, 0.15) is 32.8 Å². The molecule has 118 valence electrons. The highest BCUT2D eigenvalue weighted by Gasteiger charge is 2.20. The van der Waals surface area contributed by atoms with Crippen molar-refractivity contribution in [2.75, 3.05) is 13.6 Å². The Morgan fingerprint density at radius 2 is 2.10 bits per heavy atom. The number of carbonyl (C=O) groups excluding carboxylic acids is 1. The van der Waals surface area contributed by atoms with Crippen LogP contribution in [0.25, 0.3) is 0 Å². The minimum atomic E-state index is -0.220. The van der Waals surface area contributed by atoms with Crippen LogP contribution in [0.4, 0.5) is 0 Å². The lowest BCUT2D eigenvalue weighted by Crippen LogP contribution is -2.46. The lowest BCUT2D eigenvalue weighted by atomic mass is 10.1. The largest absolute Gasteiger partial charge is 0.351 e. The van der Waals surface area contributed by atoms with Gasteiger partial charge < -0.3 is 11.1 Å². The van der Waals surface area contributed by atoms with Gasteiger partial charge in [-0.15, -0.1) is 0 Å². The molecule has 5 heteroatoms. The maximum Gasteiger partial charge on any atom is 0.222 e. The van der Waals surface area contributed by atoms with Gasteiger partial charge in [0.1, 0.15) is 0 Å². The highest BCUT2D eigenvalue weighted by Crippen LogP contribution is 2.14. The third-order valence-corrected chi connectivity index (χ3v) is 3.39. The Labute approximate surface area is 132 Å². The lowest BCUT2D eigenvalue weighted by Gasteiger charge is -2.28. The van der Waals surface area contributed by atoms with Gasteiger partial charge in [0.2, 0.25) is 5.91 Å². The van der Waals surface area contributed by atoms with Crippen molar-refractivity contribution in [1.29, 1.82) is 0 Å². The summed E-state index contributed by atoms with van der Waals surface area (Å²) in [6, 6.07) is 7.73. The van der Waals surface area contributed by atoms with Crippen molar-refractivity contribution < 1.29 is 4.79 Å². The zero-order chi connectivity index (χ0) is 16.0. The zero-order valence-electron chi connectivity index (χ0n) is 13.3. The molecular formula is C16H26ClN3O. The summed E-state index contributed by atoms with van der Waals surface area (Å²) in [6.07, 6.45) is 0.394. The lowest BCUT2D eigenvalue weighted by molar-refractivity contribution is -0.123. The van der Waals surface area contributed by atoms with Gasteiger partial charge in [-0.25, -0.2) is 0 Å². The first-order valence-electron chi connectivity index (χ1n) is 7.17. The fraction of sp³-hybridized carbons (Fsp3) is 0.562. The number of halogens is 1. The first-order valence-corrected chi connectivity index (χ1v) is 7.55. The van der Waals surface area contributed by atoms with Crippen molar-refractivity contribution in [2.24, 2.45) is 5.73 Å². The maximum absolute atomic E-state index is 12.0. The van der Waals surface area contributed by atoms with E-state index in [-0.39, 0.29) is 17.5 Å². The average molecular weight is 312 g/mol. The Kier molecular flexibility index (Phi) is 6.65. The summed E-state index contributed by atoms with van der Waals surface area (Å²) < 4.78 is 0.